The average molecular weight is 356 g/mol. The molecule has 2 rings (SSSR count). The van der Waals surface area contributed by atoms with Gasteiger partial charge in [-0.25, -0.2) is 4.79 Å². The number of benzene rings is 2. The van der Waals surface area contributed by atoms with Crippen LogP contribution in [0.15, 0.2) is 42.5 Å². The molecule has 2 aromatic rings. The number of amides is 1. The molecule has 0 saturated heterocycles. The van der Waals surface area contributed by atoms with E-state index in [4.69, 9.17) is 5.11 Å². The number of nitro benzene ring substituents is 1. The highest BCUT2D eigenvalue weighted by molar-refractivity contribution is 5.98. The van der Waals surface area contributed by atoms with Crippen LogP contribution < -0.4 is 0 Å². The predicted octanol–water partition coefficient (Wildman–Crippen LogP) is 3.30. The third-order valence-electron chi connectivity index (χ3n) is 4.26. The average Bonchev–Trinajstić information content (AvgIpc) is 2.61. The van der Waals surface area contributed by atoms with Crippen LogP contribution in [0.1, 0.15) is 38.8 Å². The number of nitro groups is 1. The summed E-state index contributed by atoms with van der Waals surface area (Å²) in [7, 11) is 1.60. The van der Waals surface area contributed by atoms with E-state index >= 15 is 0 Å². The van der Waals surface area contributed by atoms with Gasteiger partial charge in [0.2, 0.25) is 0 Å². The smallest absolute Gasteiger partial charge is 0.335 e. The molecule has 0 spiro atoms. The standard InChI is InChI=1S/C19H20N2O5/c1-12-4-6-14(7-5-12)8-13(2)20(3)18(22)15-9-16(19(23)24)11-17(10-15)21(25)26/h4-7,9-11,13H,8H2,1-3H3,(H,23,24). The van der Waals surface area contributed by atoms with Gasteiger partial charge in [-0.15, -0.1) is 0 Å². The number of aromatic carboxylic acids is 1. The third kappa shape index (κ3) is 4.44. The molecule has 0 aromatic heterocycles. The number of carbonyl (C=O) groups is 2. The normalized spacial score (nSPS) is 11.7. The Morgan fingerprint density at radius 1 is 1.15 bits per heavy atom. The summed E-state index contributed by atoms with van der Waals surface area (Å²) in [6.45, 7) is 3.86. The molecule has 1 amide bonds. The Morgan fingerprint density at radius 3 is 2.27 bits per heavy atom. The number of carboxylic acid groups (broad SMARTS) is 1. The number of aryl methyl sites for hydroxylation is 1. The Hall–Kier alpha value is -3.22. The van der Waals surface area contributed by atoms with E-state index in [9.17, 15) is 19.7 Å². The first-order valence-electron chi connectivity index (χ1n) is 8.04. The monoisotopic (exact) mass is 356 g/mol. The highest BCUT2D eigenvalue weighted by Crippen LogP contribution is 2.20. The van der Waals surface area contributed by atoms with Gasteiger partial charge < -0.3 is 10.0 Å². The van der Waals surface area contributed by atoms with Crippen LogP contribution in [0.5, 0.6) is 0 Å². The fourth-order valence-corrected chi connectivity index (χ4v) is 2.57. The second kappa shape index (κ2) is 7.77. The van der Waals surface area contributed by atoms with E-state index in [1.165, 1.54) is 4.90 Å². The summed E-state index contributed by atoms with van der Waals surface area (Å²) in [5.41, 5.74) is 1.47. The van der Waals surface area contributed by atoms with Gasteiger partial charge >= 0.3 is 5.97 Å². The van der Waals surface area contributed by atoms with Gasteiger partial charge in [0.25, 0.3) is 11.6 Å². The highest BCUT2D eigenvalue weighted by Gasteiger charge is 2.22. The van der Waals surface area contributed by atoms with E-state index < -0.39 is 22.5 Å². The van der Waals surface area contributed by atoms with E-state index in [0.717, 1.165) is 29.3 Å². The lowest BCUT2D eigenvalue weighted by molar-refractivity contribution is -0.384. The summed E-state index contributed by atoms with van der Waals surface area (Å²) >= 11 is 0. The molecule has 1 atom stereocenters. The summed E-state index contributed by atoms with van der Waals surface area (Å²) in [6, 6.07) is 11.0. The number of carbonyl (C=O) groups excluding carboxylic acids is 1. The van der Waals surface area contributed by atoms with Crippen molar-refractivity contribution in [1.82, 2.24) is 4.90 Å². The lowest BCUT2D eigenvalue weighted by atomic mass is 10.0. The maximum Gasteiger partial charge on any atom is 0.335 e. The summed E-state index contributed by atoms with van der Waals surface area (Å²) in [6.07, 6.45) is 0.614. The fraction of sp³-hybridized carbons (Fsp3) is 0.263. The summed E-state index contributed by atoms with van der Waals surface area (Å²) < 4.78 is 0. The number of hydrogen-bond acceptors (Lipinski definition) is 4. The number of carboxylic acids is 1. The maximum absolute atomic E-state index is 12.7. The first-order valence-corrected chi connectivity index (χ1v) is 8.04. The molecule has 1 N–H and O–H groups in total. The van der Waals surface area contributed by atoms with Gasteiger partial charge in [0.15, 0.2) is 0 Å². The van der Waals surface area contributed by atoms with Crippen molar-refractivity contribution in [2.45, 2.75) is 26.3 Å². The number of nitrogens with zero attached hydrogens (tertiary/aromatic N) is 2. The van der Waals surface area contributed by atoms with Crippen LogP contribution in [0.3, 0.4) is 0 Å². The molecule has 7 nitrogen and oxygen atoms in total. The largest absolute Gasteiger partial charge is 0.478 e. The Morgan fingerprint density at radius 2 is 1.73 bits per heavy atom. The van der Waals surface area contributed by atoms with Crippen LogP contribution in [-0.2, 0) is 6.42 Å². The predicted molar refractivity (Wildman–Crippen MR) is 96.5 cm³/mol. The SMILES string of the molecule is Cc1ccc(CC(C)N(C)C(=O)c2cc(C(=O)O)cc([N+](=O)[O-])c2)cc1. The lowest BCUT2D eigenvalue weighted by Crippen LogP contribution is -2.36. The Bertz CT molecular complexity index is 813. The molecule has 136 valence electrons. The van der Waals surface area contributed by atoms with Gasteiger partial charge in [-0.3, -0.25) is 14.9 Å². The van der Waals surface area contributed by atoms with Crippen LogP contribution in [0.25, 0.3) is 0 Å². The summed E-state index contributed by atoms with van der Waals surface area (Å²) in [5, 5.41) is 20.1. The Balaban J connectivity index is 2.24. The molecule has 0 bridgehead atoms. The second-order valence-corrected chi connectivity index (χ2v) is 6.29. The van der Waals surface area contributed by atoms with Crippen LogP contribution in [0.4, 0.5) is 5.69 Å². The zero-order valence-corrected chi connectivity index (χ0v) is 14.8. The van der Waals surface area contributed by atoms with Gasteiger partial charge in [0, 0.05) is 30.8 Å². The van der Waals surface area contributed by atoms with Gasteiger partial charge in [-0.05, 0) is 31.9 Å². The first kappa shape index (κ1) is 19.1. The summed E-state index contributed by atoms with van der Waals surface area (Å²) in [4.78, 5) is 35.6. The van der Waals surface area contributed by atoms with Crippen molar-refractivity contribution in [2.75, 3.05) is 7.05 Å². The van der Waals surface area contributed by atoms with Crippen molar-refractivity contribution in [3.05, 3.63) is 74.8 Å². The highest BCUT2D eigenvalue weighted by atomic mass is 16.6. The van der Waals surface area contributed by atoms with Crippen molar-refractivity contribution in [1.29, 1.82) is 0 Å². The zero-order valence-electron chi connectivity index (χ0n) is 14.8. The molecule has 0 fully saturated rings. The minimum atomic E-state index is -1.32. The van der Waals surface area contributed by atoms with Crippen molar-refractivity contribution in [3.63, 3.8) is 0 Å². The Labute approximate surface area is 151 Å². The van der Waals surface area contributed by atoms with Crippen molar-refractivity contribution in [2.24, 2.45) is 0 Å². The van der Waals surface area contributed by atoms with Crippen molar-refractivity contribution < 1.29 is 19.6 Å². The topological polar surface area (TPSA) is 101 Å². The van der Waals surface area contributed by atoms with Gasteiger partial charge in [-0.1, -0.05) is 29.8 Å². The van der Waals surface area contributed by atoms with Crippen LogP contribution in [0.2, 0.25) is 0 Å². The molecule has 0 aliphatic rings. The van der Waals surface area contributed by atoms with E-state index in [0.29, 0.717) is 6.42 Å². The van der Waals surface area contributed by atoms with Gasteiger partial charge in [-0.2, -0.15) is 0 Å². The quantitative estimate of drug-likeness (QED) is 0.632. The maximum atomic E-state index is 12.7. The lowest BCUT2D eigenvalue weighted by Gasteiger charge is -2.25. The number of non-ortho nitro benzene ring substituents is 1. The molecule has 0 aliphatic heterocycles. The molecular formula is C19H20N2O5. The molecule has 0 saturated carbocycles. The number of hydrogen-bond donors (Lipinski definition) is 1. The third-order valence-corrected chi connectivity index (χ3v) is 4.26. The van der Waals surface area contributed by atoms with Gasteiger partial charge in [0.05, 0.1) is 10.5 Å². The molecule has 1 unspecified atom stereocenters. The number of rotatable bonds is 6. The summed E-state index contributed by atoms with van der Waals surface area (Å²) in [5.74, 6) is -1.78. The van der Waals surface area contributed by atoms with Crippen molar-refractivity contribution in [3.8, 4) is 0 Å². The van der Waals surface area contributed by atoms with Crippen LogP contribution >= 0.6 is 0 Å². The van der Waals surface area contributed by atoms with Crippen LogP contribution in [0, 0.1) is 17.0 Å². The van der Waals surface area contributed by atoms with Crippen LogP contribution in [-0.4, -0.2) is 39.9 Å². The van der Waals surface area contributed by atoms with E-state index in [1.807, 2.05) is 38.1 Å². The fourth-order valence-electron chi connectivity index (χ4n) is 2.57. The van der Waals surface area contributed by atoms with Crippen molar-refractivity contribution >= 4 is 17.6 Å². The second-order valence-electron chi connectivity index (χ2n) is 6.29. The molecule has 26 heavy (non-hydrogen) atoms. The van der Waals surface area contributed by atoms with E-state index in [-0.39, 0.29) is 17.2 Å². The molecule has 2 aromatic carbocycles. The minimum Gasteiger partial charge on any atom is -0.478 e. The van der Waals surface area contributed by atoms with Gasteiger partial charge in [0.1, 0.15) is 0 Å². The molecule has 0 radical (unpaired) electrons. The number of likely N-dealkylation sites (N-methyl/N-ethyl adjacent to an activating group) is 1. The Kier molecular flexibility index (Phi) is 5.71. The zero-order chi connectivity index (χ0) is 19.4. The first-order chi connectivity index (χ1) is 12.2. The van der Waals surface area contributed by atoms with E-state index in [1.54, 1.807) is 7.05 Å². The minimum absolute atomic E-state index is 0.0187. The molecule has 0 heterocycles. The molecule has 7 heteroatoms. The molecular weight excluding hydrogens is 336 g/mol. The van der Waals surface area contributed by atoms with E-state index in [2.05, 4.69) is 0 Å². The molecule has 0 aliphatic carbocycles.